The fraction of sp³-hybridized carbons (Fsp3) is 0.182. The van der Waals surface area contributed by atoms with E-state index in [-0.39, 0.29) is 0 Å². The van der Waals surface area contributed by atoms with Crippen molar-refractivity contribution in [2.75, 3.05) is 0 Å². The van der Waals surface area contributed by atoms with Crippen molar-refractivity contribution in [3.63, 3.8) is 0 Å². The number of Topliss-reactive ketones (excluding diaryl/α,β-unsaturated/α-hetero) is 1. The van der Waals surface area contributed by atoms with E-state index in [4.69, 9.17) is 0 Å². The molecule has 0 saturated carbocycles. The highest BCUT2D eigenvalue weighted by Crippen LogP contribution is 2.15. The van der Waals surface area contributed by atoms with Gasteiger partial charge >= 0.3 is 12.0 Å². The average Bonchev–Trinajstić information content (AvgIpc) is 2.14. The van der Waals surface area contributed by atoms with Gasteiger partial charge in [-0.15, -0.1) is 0 Å². The molecule has 0 aromatic heterocycles. The molecular formula is C11H7F3O. The number of ketones is 1. The molecule has 1 rings (SSSR count). The molecule has 0 fully saturated rings. The van der Waals surface area contributed by atoms with E-state index < -0.39 is 12.0 Å². The SMILES string of the molecule is Cc1ccccc1C#CC(=O)C(F)(F)F. The summed E-state index contributed by atoms with van der Waals surface area (Å²) >= 11 is 0. The first kappa shape index (κ1) is 11.3. The van der Waals surface area contributed by atoms with Gasteiger partial charge in [-0.1, -0.05) is 24.1 Å². The Kier molecular flexibility index (Phi) is 3.15. The first-order valence-corrected chi connectivity index (χ1v) is 4.10. The first-order valence-electron chi connectivity index (χ1n) is 4.10. The minimum atomic E-state index is -4.88. The van der Waals surface area contributed by atoms with Crippen LogP contribution in [-0.4, -0.2) is 12.0 Å². The number of aryl methyl sites for hydroxylation is 1. The molecule has 0 spiro atoms. The topological polar surface area (TPSA) is 17.1 Å². The summed E-state index contributed by atoms with van der Waals surface area (Å²) in [4.78, 5) is 10.5. The zero-order valence-corrected chi connectivity index (χ0v) is 7.85. The van der Waals surface area contributed by atoms with Gasteiger partial charge in [0, 0.05) is 5.56 Å². The van der Waals surface area contributed by atoms with Gasteiger partial charge in [0.1, 0.15) is 0 Å². The van der Waals surface area contributed by atoms with Crippen LogP contribution in [0.3, 0.4) is 0 Å². The van der Waals surface area contributed by atoms with Gasteiger partial charge in [-0.05, 0) is 24.5 Å². The molecule has 1 aromatic rings. The van der Waals surface area contributed by atoms with Crippen LogP contribution in [0, 0.1) is 18.8 Å². The maximum atomic E-state index is 11.8. The molecule has 1 nitrogen and oxygen atoms in total. The van der Waals surface area contributed by atoms with E-state index in [1.54, 1.807) is 37.1 Å². The lowest BCUT2D eigenvalue weighted by atomic mass is 10.1. The van der Waals surface area contributed by atoms with Crippen molar-refractivity contribution in [3.8, 4) is 11.8 Å². The van der Waals surface area contributed by atoms with Crippen molar-refractivity contribution in [1.29, 1.82) is 0 Å². The van der Waals surface area contributed by atoms with E-state index in [0.29, 0.717) is 5.56 Å². The number of rotatable bonds is 0. The predicted molar refractivity (Wildman–Crippen MR) is 49.1 cm³/mol. The minimum absolute atomic E-state index is 0.426. The van der Waals surface area contributed by atoms with E-state index in [1.165, 1.54) is 0 Å². The lowest BCUT2D eigenvalue weighted by molar-refractivity contribution is -0.164. The van der Waals surface area contributed by atoms with Crippen LogP contribution in [0.2, 0.25) is 0 Å². The average molecular weight is 212 g/mol. The molecule has 0 N–H and O–H groups in total. The van der Waals surface area contributed by atoms with Crippen LogP contribution >= 0.6 is 0 Å². The van der Waals surface area contributed by atoms with Crippen LogP contribution in [0.1, 0.15) is 11.1 Å². The summed E-state index contributed by atoms with van der Waals surface area (Å²) in [5.41, 5.74) is 1.16. The van der Waals surface area contributed by atoms with E-state index >= 15 is 0 Å². The van der Waals surface area contributed by atoms with Crippen molar-refractivity contribution < 1.29 is 18.0 Å². The number of carbonyl (C=O) groups is 1. The smallest absolute Gasteiger partial charge is 0.275 e. The van der Waals surface area contributed by atoms with E-state index in [0.717, 1.165) is 5.56 Å². The molecule has 0 saturated heterocycles. The maximum Gasteiger partial charge on any atom is 0.462 e. The Bertz CT molecular complexity index is 435. The monoisotopic (exact) mass is 212 g/mol. The highest BCUT2D eigenvalue weighted by atomic mass is 19.4. The third-order valence-electron chi connectivity index (χ3n) is 1.71. The van der Waals surface area contributed by atoms with Crippen LogP contribution in [0.4, 0.5) is 13.2 Å². The Morgan fingerprint density at radius 3 is 2.40 bits per heavy atom. The lowest BCUT2D eigenvalue weighted by Crippen LogP contribution is -2.20. The molecule has 0 aliphatic heterocycles. The molecule has 0 aliphatic rings. The van der Waals surface area contributed by atoms with Crippen LogP contribution in [0.25, 0.3) is 0 Å². The lowest BCUT2D eigenvalue weighted by Gasteiger charge is -1.97. The summed E-state index contributed by atoms with van der Waals surface area (Å²) in [6.45, 7) is 1.71. The second kappa shape index (κ2) is 4.18. The first-order chi connectivity index (χ1) is 6.91. The number of hydrogen-bond donors (Lipinski definition) is 0. The van der Waals surface area contributed by atoms with Crippen LogP contribution in [-0.2, 0) is 4.79 Å². The molecule has 0 bridgehead atoms. The second-order valence-corrected chi connectivity index (χ2v) is 2.89. The van der Waals surface area contributed by atoms with E-state index in [2.05, 4.69) is 5.92 Å². The largest absolute Gasteiger partial charge is 0.462 e. The van der Waals surface area contributed by atoms with Crippen molar-refractivity contribution in [2.24, 2.45) is 0 Å². The Balaban J connectivity index is 2.93. The molecular weight excluding hydrogens is 205 g/mol. The number of benzene rings is 1. The Morgan fingerprint density at radius 2 is 1.87 bits per heavy atom. The van der Waals surface area contributed by atoms with Crippen LogP contribution < -0.4 is 0 Å². The van der Waals surface area contributed by atoms with Gasteiger partial charge in [0.15, 0.2) is 0 Å². The second-order valence-electron chi connectivity index (χ2n) is 2.89. The zero-order chi connectivity index (χ0) is 11.5. The normalized spacial score (nSPS) is 10.4. The Hall–Kier alpha value is -1.76. The minimum Gasteiger partial charge on any atom is -0.275 e. The molecule has 78 valence electrons. The maximum absolute atomic E-state index is 11.8. The number of alkyl halides is 3. The molecule has 0 radical (unpaired) electrons. The molecule has 0 atom stereocenters. The third kappa shape index (κ3) is 3.13. The van der Waals surface area contributed by atoms with Crippen molar-refractivity contribution in [3.05, 3.63) is 35.4 Å². The van der Waals surface area contributed by atoms with Gasteiger partial charge in [-0.25, -0.2) is 0 Å². The summed E-state index contributed by atoms with van der Waals surface area (Å²) in [5.74, 6) is 1.74. The molecule has 1 aromatic carbocycles. The Morgan fingerprint density at radius 1 is 1.27 bits per heavy atom. The van der Waals surface area contributed by atoms with Gasteiger partial charge in [0.05, 0.1) is 0 Å². The highest BCUT2D eigenvalue weighted by Gasteiger charge is 2.37. The van der Waals surface area contributed by atoms with Gasteiger partial charge in [-0.3, -0.25) is 4.79 Å². The fourth-order valence-corrected chi connectivity index (χ4v) is 0.908. The van der Waals surface area contributed by atoms with Crippen molar-refractivity contribution in [2.45, 2.75) is 13.1 Å². The summed E-state index contributed by atoms with van der Waals surface area (Å²) < 4.78 is 35.4. The van der Waals surface area contributed by atoms with Crippen molar-refractivity contribution >= 4 is 5.78 Å². The number of hydrogen-bond acceptors (Lipinski definition) is 1. The molecule has 0 amide bonds. The van der Waals surface area contributed by atoms with E-state index in [9.17, 15) is 18.0 Å². The molecule has 15 heavy (non-hydrogen) atoms. The number of carbonyl (C=O) groups excluding carboxylic acids is 1. The zero-order valence-electron chi connectivity index (χ0n) is 7.85. The fourth-order valence-electron chi connectivity index (χ4n) is 0.908. The summed E-state index contributed by atoms with van der Waals surface area (Å²) in [5, 5.41) is 0. The molecule has 0 unspecified atom stereocenters. The summed E-state index contributed by atoms with van der Waals surface area (Å²) in [6.07, 6.45) is -4.88. The van der Waals surface area contributed by atoms with Crippen LogP contribution in [0.15, 0.2) is 24.3 Å². The van der Waals surface area contributed by atoms with Gasteiger partial charge in [0.25, 0.3) is 0 Å². The van der Waals surface area contributed by atoms with Crippen LogP contribution in [0.5, 0.6) is 0 Å². The van der Waals surface area contributed by atoms with Gasteiger partial charge in [0.2, 0.25) is 0 Å². The molecule has 0 heterocycles. The predicted octanol–water partition coefficient (Wildman–Crippen LogP) is 2.48. The third-order valence-corrected chi connectivity index (χ3v) is 1.71. The summed E-state index contributed by atoms with van der Waals surface area (Å²) in [6, 6.07) is 6.66. The molecule has 0 aliphatic carbocycles. The van der Waals surface area contributed by atoms with E-state index in [1.807, 2.05) is 0 Å². The van der Waals surface area contributed by atoms with Gasteiger partial charge < -0.3 is 0 Å². The Labute approximate surface area is 84.9 Å². The standard InChI is InChI=1S/C11H7F3O/c1-8-4-2-3-5-9(8)6-7-10(15)11(12,13)14/h2-5H,1H3. The highest BCUT2D eigenvalue weighted by molar-refractivity contribution is 6.00. The number of halogens is 3. The molecule has 4 heteroatoms. The summed E-state index contributed by atoms with van der Waals surface area (Å²) in [7, 11) is 0. The van der Waals surface area contributed by atoms with Crippen molar-refractivity contribution in [1.82, 2.24) is 0 Å². The quantitative estimate of drug-likeness (QED) is 0.604. The van der Waals surface area contributed by atoms with Gasteiger partial charge in [-0.2, -0.15) is 13.2 Å².